The molecule has 0 spiro atoms. The van der Waals surface area contributed by atoms with Gasteiger partial charge in [0.2, 0.25) is 5.69 Å². The molecule has 57 heavy (non-hydrogen) atoms. The first-order chi connectivity index (χ1) is 26.8. The van der Waals surface area contributed by atoms with E-state index in [1.54, 1.807) is 11.3 Å². The number of nitrogens with zero attached hydrogens (tertiary/aromatic N) is 3. The van der Waals surface area contributed by atoms with Gasteiger partial charge in [0.1, 0.15) is 0 Å². The minimum Gasteiger partial charge on any atom is -0.318 e. The summed E-state index contributed by atoms with van der Waals surface area (Å²) in [5.74, 6) is 0. The van der Waals surface area contributed by atoms with Crippen molar-refractivity contribution in [1.29, 1.82) is 0 Å². The second-order valence-corrected chi connectivity index (χ2v) is 21.3. The van der Waals surface area contributed by atoms with Crippen molar-refractivity contribution in [3.63, 3.8) is 0 Å². The molecule has 0 saturated heterocycles. The lowest BCUT2D eigenvalue weighted by Crippen LogP contribution is -2.10. The smallest absolute Gasteiger partial charge is 0.214 e. The first kappa shape index (κ1) is 37.2. The van der Waals surface area contributed by atoms with Crippen molar-refractivity contribution in [3.8, 4) is 11.4 Å². The predicted octanol–water partition coefficient (Wildman–Crippen LogP) is 16.0. The summed E-state index contributed by atoms with van der Waals surface area (Å²) in [5, 5.41) is 7.34. The van der Waals surface area contributed by atoms with Crippen molar-refractivity contribution in [1.82, 2.24) is 9.13 Å². The number of aromatic nitrogens is 2. The Labute approximate surface area is 341 Å². The molecule has 3 aromatic heterocycles. The Balaban J connectivity index is 1.45. The molecule has 0 aliphatic rings. The Hall–Kier alpha value is -5.37. The van der Waals surface area contributed by atoms with Gasteiger partial charge in [0.15, 0.2) is 0 Å². The molecule has 0 bridgehead atoms. The lowest BCUT2D eigenvalue weighted by Gasteiger charge is -2.20. The molecule has 0 aliphatic heterocycles. The summed E-state index contributed by atoms with van der Waals surface area (Å²) in [5.41, 5.74) is 12.5. The molecule has 9 aromatic rings. The summed E-state index contributed by atoms with van der Waals surface area (Å²) in [6, 6.07) is 38.9. The van der Waals surface area contributed by atoms with Crippen LogP contribution in [-0.4, -0.2) is 9.13 Å². The third-order valence-corrected chi connectivity index (χ3v) is 13.3. The Morgan fingerprint density at radius 3 is 1.23 bits per heavy atom. The summed E-state index contributed by atoms with van der Waals surface area (Å²) in [6.45, 7) is 36.3. The molecule has 0 fully saturated rings. The van der Waals surface area contributed by atoms with Gasteiger partial charge in [-0.1, -0.05) is 126 Å². The predicted molar refractivity (Wildman–Crippen MR) is 249 cm³/mol. The molecule has 6 aromatic carbocycles. The van der Waals surface area contributed by atoms with E-state index in [4.69, 9.17) is 6.57 Å². The normalized spacial score (nSPS) is 13.2. The van der Waals surface area contributed by atoms with Crippen LogP contribution in [0.25, 0.3) is 80.0 Å². The van der Waals surface area contributed by atoms with E-state index in [0.717, 1.165) is 38.1 Å². The molecule has 0 aliphatic carbocycles. The third-order valence-electron chi connectivity index (χ3n) is 12.2. The van der Waals surface area contributed by atoms with Gasteiger partial charge in [-0.3, -0.25) is 0 Å². The van der Waals surface area contributed by atoms with Gasteiger partial charge in [0, 0.05) is 42.7 Å². The number of benzene rings is 6. The maximum Gasteiger partial charge on any atom is 0.214 e. The fourth-order valence-corrected chi connectivity index (χ4v) is 10.00. The van der Waals surface area contributed by atoms with Crippen LogP contribution < -0.4 is 0 Å². The molecule has 0 unspecified atom stereocenters. The van der Waals surface area contributed by atoms with E-state index in [-0.39, 0.29) is 21.7 Å². The van der Waals surface area contributed by atoms with E-state index in [0.29, 0.717) is 5.69 Å². The molecule has 3 heterocycles. The lowest BCUT2D eigenvalue weighted by atomic mass is 9.85. The Bertz CT molecular complexity index is 3020. The van der Waals surface area contributed by atoms with Gasteiger partial charge in [0.25, 0.3) is 0 Å². The fraction of sp³-hybridized carbons (Fsp3) is 0.302. The van der Waals surface area contributed by atoms with Crippen LogP contribution in [0, 0.1) is 6.57 Å². The minimum atomic E-state index is -0.00405. The quantitative estimate of drug-likeness (QED) is 0.156. The molecule has 0 radical (unpaired) electrons. The van der Waals surface area contributed by atoms with Gasteiger partial charge < -0.3 is 9.13 Å². The van der Waals surface area contributed by atoms with Crippen molar-refractivity contribution in [2.24, 2.45) is 0 Å². The summed E-state index contributed by atoms with van der Waals surface area (Å²) >= 11 is 1.80. The SMILES string of the molecule is [C-]#[N+]c1cc(-n2c3ccc(C(C)(C)C)cc3c3cc(C(C)(C)C)ccc32)c2c(sc3ccccc32)c1-n1c2ccc(C(C)(C)C)cc2c2cc(C(C)(C)C)ccc21. The zero-order valence-electron chi connectivity index (χ0n) is 35.6. The van der Waals surface area contributed by atoms with Crippen molar-refractivity contribution < 1.29 is 0 Å². The average Bonchev–Trinajstić information content (AvgIpc) is 3.80. The maximum absolute atomic E-state index is 8.89. The summed E-state index contributed by atoms with van der Waals surface area (Å²) < 4.78 is 7.19. The van der Waals surface area contributed by atoms with Crippen molar-refractivity contribution in [3.05, 3.63) is 137 Å². The van der Waals surface area contributed by atoms with Crippen molar-refractivity contribution in [2.75, 3.05) is 0 Å². The first-order valence-electron chi connectivity index (χ1n) is 20.3. The van der Waals surface area contributed by atoms with Gasteiger partial charge in [-0.15, -0.1) is 11.3 Å². The molecule has 286 valence electrons. The van der Waals surface area contributed by atoms with Gasteiger partial charge in [-0.2, -0.15) is 0 Å². The molecular weight excluding hydrogens is 711 g/mol. The molecule has 0 atom stereocenters. The van der Waals surface area contributed by atoms with Crippen LogP contribution in [0.1, 0.15) is 105 Å². The summed E-state index contributed by atoms with van der Waals surface area (Å²) in [7, 11) is 0. The lowest BCUT2D eigenvalue weighted by molar-refractivity contribution is 0.590. The zero-order chi connectivity index (χ0) is 40.6. The highest BCUT2D eigenvalue weighted by Crippen LogP contribution is 2.50. The highest BCUT2D eigenvalue weighted by Gasteiger charge is 2.28. The summed E-state index contributed by atoms with van der Waals surface area (Å²) in [6.07, 6.45) is 0. The maximum atomic E-state index is 8.89. The number of thiophene rings is 1. The number of hydrogen-bond donors (Lipinski definition) is 0. The van der Waals surface area contributed by atoms with Crippen LogP contribution >= 0.6 is 11.3 Å². The van der Waals surface area contributed by atoms with Gasteiger partial charge >= 0.3 is 0 Å². The molecular formula is C53H53N3S. The molecule has 4 heteroatoms. The highest BCUT2D eigenvalue weighted by atomic mass is 32.1. The highest BCUT2D eigenvalue weighted by molar-refractivity contribution is 7.26. The standard InChI is InChI=1S/C53H53N3S/c1-50(2,3)31-18-22-41-36(26-31)37-27-32(51(4,5)6)19-23-42(37)55(41)45-30-40(54-13)48(49-47(45)35-16-14-15-17-46(35)57-49)56-43-24-20-33(52(7,8)9)28-38(43)39-29-34(53(10,11)12)21-25-44(39)56/h14-30H,1-12H3. The van der Waals surface area contributed by atoms with Crippen LogP contribution in [0.15, 0.2) is 103 Å². The fourth-order valence-electron chi connectivity index (χ4n) is 8.74. The molecule has 0 saturated carbocycles. The number of rotatable bonds is 2. The van der Waals surface area contributed by atoms with E-state index in [2.05, 4.69) is 200 Å². The van der Waals surface area contributed by atoms with Crippen LogP contribution in [0.2, 0.25) is 0 Å². The van der Waals surface area contributed by atoms with Gasteiger partial charge in [-0.25, -0.2) is 4.85 Å². The van der Waals surface area contributed by atoms with E-state index in [1.165, 1.54) is 59.3 Å². The first-order valence-corrected chi connectivity index (χ1v) is 21.1. The van der Waals surface area contributed by atoms with E-state index >= 15 is 0 Å². The third kappa shape index (κ3) is 5.80. The second-order valence-electron chi connectivity index (χ2n) is 20.3. The molecule has 0 N–H and O–H groups in total. The topological polar surface area (TPSA) is 14.2 Å². The Morgan fingerprint density at radius 1 is 0.456 bits per heavy atom. The minimum absolute atomic E-state index is 0.00357. The van der Waals surface area contributed by atoms with Crippen LogP contribution in [0.5, 0.6) is 0 Å². The largest absolute Gasteiger partial charge is 0.318 e. The van der Waals surface area contributed by atoms with Crippen LogP contribution in [0.4, 0.5) is 5.69 Å². The monoisotopic (exact) mass is 763 g/mol. The van der Waals surface area contributed by atoms with Crippen molar-refractivity contribution in [2.45, 2.75) is 105 Å². The van der Waals surface area contributed by atoms with Gasteiger partial charge in [0.05, 0.1) is 39.0 Å². The number of hydrogen-bond acceptors (Lipinski definition) is 1. The van der Waals surface area contributed by atoms with E-state index in [9.17, 15) is 0 Å². The number of fused-ring (bicyclic) bond motifs is 9. The average molecular weight is 764 g/mol. The molecule has 9 rings (SSSR count). The summed E-state index contributed by atoms with van der Waals surface area (Å²) in [4.78, 5) is 4.42. The molecule has 0 amide bonds. The zero-order valence-corrected chi connectivity index (χ0v) is 36.4. The second kappa shape index (κ2) is 12.3. The van der Waals surface area contributed by atoms with E-state index in [1.807, 2.05) is 0 Å². The van der Waals surface area contributed by atoms with Crippen LogP contribution in [-0.2, 0) is 21.7 Å². The van der Waals surface area contributed by atoms with Crippen molar-refractivity contribution >= 4 is 80.8 Å². The Kier molecular flexibility index (Phi) is 8.04. The van der Waals surface area contributed by atoms with Crippen LogP contribution in [0.3, 0.4) is 0 Å². The Morgan fingerprint density at radius 2 is 0.842 bits per heavy atom. The van der Waals surface area contributed by atoms with Gasteiger partial charge in [-0.05, 0) is 105 Å². The molecule has 3 nitrogen and oxygen atoms in total. The van der Waals surface area contributed by atoms with E-state index < -0.39 is 0 Å².